The number of amides is 1. The summed E-state index contributed by atoms with van der Waals surface area (Å²) in [6.45, 7) is 5.32. The molecule has 1 amide bonds. The molecule has 0 saturated carbocycles. The Morgan fingerprint density at radius 3 is 2.24 bits per heavy atom. The van der Waals surface area contributed by atoms with Crippen molar-refractivity contribution < 1.29 is 9.90 Å². The Bertz CT molecular complexity index is 1130. The molecule has 34 heavy (non-hydrogen) atoms. The van der Waals surface area contributed by atoms with Crippen LogP contribution in [0.4, 0.5) is 5.69 Å². The van der Waals surface area contributed by atoms with Gasteiger partial charge in [-0.15, -0.1) is 0 Å². The molecule has 0 fully saturated rings. The van der Waals surface area contributed by atoms with Crippen molar-refractivity contribution in [2.24, 2.45) is 0 Å². The molecular weight excluding hydrogens is 446 g/mol. The lowest BCUT2D eigenvalue weighted by molar-refractivity contribution is -0.135. The maximum absolute atomic E-state index is 13.2. The van der Waals surface area contributed by atoms with Crippen LogP contribution in [0.1, 0.15) is 36.1 Å². The van der Waals surface area contributed by atoms with E-state index in [9.17, 15) is 9.90 Å². The fraction of sp³-hybridized carbons (Fsp3) is 0.286. The molecule has 0 radical (unpaired) electrons. The Hall–Kier alpha value is -3.17. The minimum atomic E-state index is -1.77. The summed E-state index contributed by atoms with van der Waals surface area (Å²) >= 11 is 6.07. The minimum absolute atomic E-state index is 0.126. The average molecular weight is 478 g/mol. The van der Waals surface area contributed by atoms with E-state index in [-0.39, 0.29) is 11.4 Å². The Morgan fingerprint density at radius 1 is 1.03 bits per heavy atom. The predicted molar refractivity (Wildman–Crippen MR) is 139 cm³/mol. The molecule has 3 aromatic carbocycles. The predicted octanol–water partition coefficient (Wildman–Crippen LogP) is 5.41. The maximum atomic E-state index is 13.2. The number of benzene rings is 3. The number of anilines is 1. The molecule has 2 N–H and O–H groups in total. The Morgan fingerprint density at radius 2 is 1.68 bits per heavy atom. The van der Waals surface area contributed by atoms with Crippen LogP contribution in [0, 0.1) is 11.3 Å². The monoisotopic (exact) mass is 477 g/mol. The van der Waals surface area contributed by atoms with Crippen LogP contribution in [0.25, 0.3) is 0 Å². The minimum Gasteiger partial charge on any atom is -0.375 e. The number of nitrogens with one attached hydrogen (secondary N) is 1. The third-order valence-corrected chi connectivity index (χ3v) is 5.78. The van der Waals surface area contributed by atoms with Gasteiger partial charge in [-0.3, -0.25) is 4.79 Å². The van der Waals surface area contributed by atoms with Crippen molar-refractivity contribution in [1.82, 2.24) is 4.90 Å². The van der Waals surface area contributed by atoms with Crippen LogP contribution in [-0.4, -0.2) is 36.6 Å². The number of rotatable bonds is 7. The lowest BCUT2D eigenvalue weighted by Crippen LogP contribution is -2.42. The summed E-state index contributed by atoms with van der Waals surface area (Å²) < 4.78 is 0. The number of halogens is 1. The first-order valence-corrected chi connectivity index (χ1v) is 11.6. The summed E-state index contributed by atoms with van der Waals surface area (Å²) in [6, 6.07) is 23.3. The Labute approximate surface area is 207 Å². The molecule has 0 bridgehead atoms. The number of hydrogen-bond donors (Lipinski definition) is 2. The van der Waals surface area contributed by atoms with Crippen molar-refractivity contribution in [3.05, 3.63) is 100 Å². The van der Waals surface area contributed by atoms with Crippen LogP contribution in [0.2, 0.25) is 5.02 Å². The molecule has 6 heteroatoms. The Kier molecular flexibility index (Phi) is 10.3. The fourth-order valence-corrected chi connectivity index (χ4v) is 3.42. The molecule has 5 nitrogen and oxygen atoms in total. The van der Waals surface area contributed by atoms with Gasteiger partial charge >= 0.3 is 0 Å². The van der Waals surface area contributed by atoms with Crippen LogP contribution in [0.3, 0.4) is 0 Å². The number of aryl methyl sites for hydroxylation is 1. The number of nitriles is 1. The first-order chi connectivity index (χ1) is 16.2. The van der Waals surface area contributed by atoms with Crippen molar-refractivity contribution >= 4 is 23.2 Å². The zero-order valence-electron chi connectivity index (χ0n) is 20.2. The summed E-state index contributed by atoms with van der Waals surface area (Å²) in [5.41, 5.74) is 1.46. The van der Waals surface area contributed by atoms with Gasteiger partial charge in [-0.25, -0.2) is 0 Å². The van der Waals surface area contributed by atoms with E-state index in [1.807, 2.05) is 36.4 Å². The molecule has 0 heterocycles. The second-order valence-corrected chi connectivity index (χ2v) is 8.64. The largest absolute Gasteiger partial charge is 0.375 e. The number of nitrogens with zero attached hydrogens (tertiary/aromatic N) is 2. The average Bonchev–Trinajstić information content (AvgIpc) is 2.85. The van der Waals surface area contributed by atoms with Crippen molar-refractivity contribution in [2.45, 2.75) is 32.3 Å². The van der Waals surface area contributed by atoms with Gasteiger partial charge in [-0.1, -0.05) is 80.0 Å². The van der Waals surface area contributed by atoms with Crippen molar-refractivity contribution in [1.29, 1.82) is 5.26 Å². The zero-order chi connectivity index (χ0) is 25.1. The second-order valence-electron chi connectivity index (χ2n) is 8.23. The van der Waals surface area contributed by atoms with Crippen molar-refractivity contribution in [3.8, 4) is 6.07 Å². The normalized spacial score (nSPS) is 12.2. The first-order valence-electron chi connectivity index (χ1n) is 11.2. The van der Waals surface area contributed by atoms with Gasteiger partial charge in [0.25, 0.3) is 5.91 Å². The second kappa shape index (κ2) is 12.9. The van der Waals surface area contributed by atoms with E-state index in [0.717, 1.165) is 24.1 Å². The summed E-state index contributed by atoms with van der Waals surface area (Å²) in [6.07, 6.45) is 0.994. The van der Waals surface area contributed by atoms with Crippen molar-refractivity contribution in [3.63, 3.8) is 0 Å². The van der Waals surface area contributed by atoms with Gasteiger partial charge in [-0.2, -0.15) is 5.26 Å². The smallest absolute Gasteiger partial charge is 0.261 e. The first kappa shape index (κ1) is 27.1. The third-order valence-electron chi connectivity index (χ3n) is 5.47. The van der Waals surface area contributed by atoms with Gasteiger partial charge in [0.15, 0.2) is 5.60 Å². The molecule has 178 valence electrons. The highest BCUT2D eigenvalue weighted by Crippen LogP contribution is 2.29. The summed E-state index contributed by atoms with van der Waals surface area (Å²) in [4.78, 5) is 15.3. The topological polar surface area (TPSA) is 76.4 Å². The van der Waals surface area contributed by atoms with E-state index in [1.165, 1.54) is 12.1 Å². The summed E-state index contributed by atoms with van der Waals surface area (Å²) in [7, 11) is 4.11. The molecular formula is C28H32ClN3O2. The van der Waals surface area contributed by atoms with Gasteiger partial charge < -0.3 is 15.3 Å². The number of carbonyl (C=O) groups excluding carboxylic acids is 1. The maximum Gasteiger partial charge on any atom is 0.261 e. The summed E-state index contributed by atoms with van der Waals surface area (Å²) in [5, 5.41) is 23.5. The quantitative estimate of drug-likeness (QED) is 0.477. The van der Waals surface area contributed by atoms with E-state index in [0.29, 0.717) is 16.8 Å². The van der Waals surface area contributed by atoms with Gasteiger partial charge in [0, 0.05) is 12.1 Å². The van der Waals surface area contributed by atoms with Gasteiger partial charge in [0.1, 0.15) is 6.07 Å². The van der Waals surface area contributed by atoms with E-state index in [1.54, 1.807) is 30.3 Å². The van der Waals surface area contributed by atoms with E-state index >= 15 is 0 Å². The van der Waals surface area contributed by atoms with Gasteiger partial charge in [-0.05, 0) is 62.0 Å². The van der Waals surface area contributed by atoms with Crippen molar-refractivity contribution in [2.75, 3.05) is 26.0 Å². The van der Waals surface area contributed by atoms with E-state index in [2.05, 4.69) is 38.2 Å². The molecule has 0 aromatic heterocycles. The number of hydrogen-bond acceptors (Lipinski definition) is 4. The van der Waals surface area contributed by atoms with Crippen LogP contribution in [-0.2, 0) is 23.2 Å². The molecule has 3 rings (SSSR count). The highest BCUT2D eigenvalue weighted by atomic mass is 35.5. The van der Waals surface area contributed by atoms with Crippen LogP contribution in [0.5, 0.6) is 0 Å². The molecule has 0 aliphatic carbocycles. The molecule has 1 atom stereocenters. The molecule has 1 unspecified atom stereocenters. The summed E-state index contributed by atoms with van der Waals surface area (Å²) in [5.74, 6) is -0.564. The van der Waals surface area contributed by atoms with Crippen LogP contribution >= 0.6 is 11.6 Å². The molecule has 0 aliphatic rings. The zero-order valence-corrected chi connectivity index (χ0v) is 20.9. The number of carbonyl (C=O) groups is 1. The van der Waals surface area contributed by atoms with Gasteiger partial charge in [0.05, 0.1) is 10.6 Å². The fourth-order valence-electron chi connectivity index (χ4n) is 3.20. The Balaban J connectivity index is 0.000000739. The third kappa shape index (κ3) is 7.43. The molecule has 0 spiro atoms. The molecule has 0 aliphatic heterocycles. The van der Waals surface area contributed by atoms with Crippen LogP contribution in [0.15, 0.2) is 72.8 Å². The van der Waals surface area contributed by atoms with E-state index in [4.69, 9.17) is 16.9 Å². The lowest BCUT2D eigenvalue weighted by atomic mass is 9.85. The number of aliphatic hydroxyl groups is 1. The molecule has 0 saturated heterocycles. The highest BCUT2D eigenvalue weighted by molar-refractivity contribution is 6.32. The van der Waals surface area contributed by atoms with Gasteiger partial charge in [0.2, 0.25) is 0 Å². The SMILES string of the molecule is CCN(C)C.CCc1cccc(CC(O)(C(=O)Nc2ccc(C#N)c(Cl)c2)c2ccccc2)c1. The highest BCUT2D eigenvalue weighted by Gasteiger charge is 2.38. The molecule has 3 aromatic rings. The standard InChI is InChI=1S/C24H21ClN2O2.C4H11N/c1-2-17-7-6-8-18(13-17)15-24(29,20-9-4-3-5-10-20)23(28)27-21-12-11-19(16-26)22(25)14-21;1-4-5(2)3/h3-14,29H,2,15H2,1H3,(H,27,28);4H2,1-3H3. The van der Waals surface area contributed by atoms with E-state index < -0.39 is 11.5 Å². The lowest BCUT2D eigenvalue weighted by Gasteiger charge is -2.28. The van der Waals surface area contributed by atoms with Crippen LogP contribution < -0.4 is 5.32 Å².